The Morgan fingerprint density at radius 3 is 2.65 bits per heavy atom. The van der Waals surface area contributed by atoms with E-state index in [1.165, 1.54) is 18.2 Å². The van der Waals surface area contributed by atoms with Crippen LogP contribution in [-0.4, -0.2) is 26.0 Å². The molecule has 0 aromatic heterocycles. The Bertz CT molecular complexity index is 988. The van der Waals surface area contributed by atoms with Crippen molar-refractivity contribution in [1.82, 2.24) is 5.32 Å². The number of anilines is 1. The molecule has 2 amide bonds. The molecule has 0 radical (unpaired) electrons. The van der Waals surface area contributed by atoms with E-state index < -0.39 is 15.9 Å². The summed E-state index contributed by atoms with van der Waals surface area (Å²) in [5.74, 6) is -1.19. The topological polar surface area (TPSA) is 83.6 Å². The first-order chi connectivity index (χ1) is 12.3. The summed E-state index contributed by atoms with van der Waals surface area (Å²) in [5.41, 5.74) is 2.28. The van der Waals surface area contributed by atoms with Gasteiger partial charge in [-0.25, -0.2) is 12.7 Å². The first kappa shape index (κ1) is 18.4. The molecular weight excluding hydrogens is 376 g/mol. The van der Waals surface area contributed by atoms with Crippen LogP contribution in [0.25, 0.3) is 0 Å². The van der Waals surface area contributed by atoms with E-state index >= 15 is 0 Å². The molecule has 0 saturated carbocycles. The summed E-state index contributed by atoms with van der Waals surface area (Å²) >= 11 is 6.07. The van der Waals surface area contributed by atoms with Gasteiger partial charge in [0.1, 0.15) is 0 Å². The third-order valence-electron chi connectivity index (χ3n) is 4.04. The van der Waals surface area contributed by atoms with Crippen molar-refractivity contribution in [2.24, 2.45) is 0 Å². The van der Waals surface area contributed by atoms with Crippen molar-refractivity contribution in [3.05, 3.63) is 64.2 Å². The Morgan fingerprint density at radius 2 is 2.00 bits per heavy atom. The normalized spacial score (nSPS) is 15.9. The summed E-state index contributed by atoms with van der Waals surface area (Å²) in [6.45, 7) is 2.30. The molecule has 136 valence electrons. The highest BCUT2D eigenvalue weighted by Gasteiger charge is 2.37. The fourth-order valence-electron chi connectivity index (χ4n) is 2.76. The lowest BCUT2D eigenvalue weighted by atomic mass is 10.1. The molecule has 3 rings (SSSR count). The van der Waals surface area contributed by atoms with Crippen LogP contribution in [0.4, 0.5) is 5.69 Å². The van der Waals surface area contributed by atoms with Crippen LogP contribution in [0.2, 0.25) is 5.02 Å². The van der Waals surface area contributed by atoms with Gasteiger partial charge >= 0.3 is 0 Å². The van der Waals surface area contributed by atoms with E-state index in [1.54, 1.807) is 0 Å². The maximum atomic E-state index is 12.4. The van der Waals surface area contributed by atoms with E-state index in [9.17, 15) is 18.0 Å². The zero-order valence-corrected chi connectivity index (χ0v) is 15.6. The van der Waals surface area contributed by atoms with Crippen molar-refractivity contribution in [3.63, 3.8) is 0 Å². The SMILES string of the molecule is Cc1cccc(CNC(=O)c2ccc(Cl)c(N3C(=O)CCS3(=O)=O)c2)c1. The zero-order chi connectivity index (χ0) is 18.9. The van der Waals surface area contributed by atoms with Crippen LogP contribution < -0.4 is 9.62 Å². The first-order valence-electron chi connectivity index (χ1n) is 7.97. The van der Waals surface area contributed by atoms with Gasteiger partial charge in [-0.3, -0.25) is 9.59 Å². The average Bonchev–Trinajstić information content (AvgIpc) is 2.86. The number of nitrogens with one attached hydrogen (secondary N) is 1. The summed E-state index contributed by atoms with van der Waals surface area (Å²) < 4.78 is 24.9. The summed E-state index contributed by atoms with van der Waals surface area (Å²) in [6, 6.07) is 12.0. The first-order valence-corrected chi connectivity index (χ1v) is 9.96. The van der Waals surface area contributed by atoms with Crippen molar-refractivity contribution in [3.8, 4) is 0 Å². The number of aryl methyl sites for hydroxylation is 1. The van der Waals surface area contributed by atoms with Gasteiger partial charge in [-0.15, -0.1) is 0 Å². The molecule has 0 aliphatic carbocycles. The number of sulfonamides is 1. The predicted molar refractivity (Wildman–Crippen MR) is 99.7 cm³/mol. The highest BCUT2D eigenvalue weighted by molar-refractivity contribution is 7.94. The number of carbonyl (C=O) groups excluding carboxylic acids is 2. The molecule has 0 spiro atoms. The van der Waals surface area contributed by atoms with E-state index in [1.807, 2.05) is 31.2 Å². The van der Waals surface area contributed by atoms with Crippen molar-refractivity contribution < 1.29 is 18.0 Å². The molecule has 1 fully saturated rings. The van der Waals surface area contributed by atoms with Gasteiger partial charge in [0.05, 0.1) is 16.5 Å². The van der Waals surface area contributed by atoms with Gasteiger partial charge in [0.25, 0.3) is 5.91 Å². The monoisotopic (exact) mass is 392 g/mol. The van der Waals surface area contributed by atoms with Gasteiger partial charge in [-0.1, -0.05) is 41.4 Å². The van der Waals surface area contributed by atoms with Crippen molar-refractivity contribution in [2.75, 3.05) is 10.1 Å². The number of hydrogen-bond acceptors (Lipinski definition) is 4. The van der Waals surface area contributed by atoms with Gasteiger partial charge < -0.3 is 5.32 Å². The minimum atomic E-state index is -3.75. The molecule has 1 aliphatic heterocycles. The molecule has 0 atom stereocenters. The molecule has 2 aromatic rings. The molecule has 0 unspecified atom stereocenters. The Balaban J connectivity index is 1.83. The van der Waals surface area contributed by atoms with Crippen LogP contribution in [0.1, 0.15) is 27.9 Å². The Morgan fingerprint density at radius 1 is 1.23 bits per heavy atom. The number of amides is 2. The number of nitrogens with zero attached hydrogens (tertiary/aromatic N) is 1. The van der Waals surface area contributed by atoms with E-state index in [-0.39, 0.29) is 34.4 Å². The third kappa shape index (κ3) is 3.73. The van der Waals surface area contributed by atoms with E-state index in [0.29, 0.717) is 10.8 Å². The van der Waals surface area contributed by atoms with Gasteiger partial charge in [-0.05, 0) is 30.7 Å². The lowest BCUT2D eigenvalue weighted by Gasteiger charge is -2.17. The Hall–Kier alpha value is -2.38. The molecular formula is C18H17ClN2O4S. The van der Waals surface area contributed by atoms with Crippen molar-refractivity contribution >= 4 is 39.1 Å². The maximum absolute atomic E-state index is 12.4. The summed E-state index contributed by atoms with van der Waals surface area (Å²) in [5, 5.41) is 2.87. The molecule has 1 N–H and O–H groups in total. The molecule has 1 aliphatic rings. The largest absolute Gasteiger partial charge is 0.348 e. The Labute approximate surface area is 156 Å². The van der Waals surface area contributed by atoms with Crippen molar-refractivity contribution in [1.29, 1.82) is 0 Å². The second kappa shape index (κ2) is 7.09. The van der Waals surface area contributed by atoms with Gasteiger partial charge in [0.2, 0.25) is 15.9 Å². The van der Waals surface area contributed by atoms with E-state index in [0.717, 1.165) is 11.1 Å². The molecule has 26 heavy (non-hydrogen) atoms. The highest BCUT2D eigenvalue weighted by atomic mass is 35.5. The lowest BCUT2D eigenvalue weighted by Crippen LogP contribution is -2.30. The van der Waals surface area contributed by atoms with Crippen LogP contribution >= 0.6 is 11.6 Å². The number of halogens is 1. The number of benzene rings is 2. The fourth-order valence-corrected chi connectivity index (χ4v) is 4.48. The molecule has 2 aromatic carbocycles. The van der Waals surface area contributed by atoms with Gasteiger partial charge in [0, 0.05) is 18.5 Å². The molecule has 1 saturated heterocycles. The van der Waals surface area contributed by atoms with E-state index in [4.69, 9.17) is 11.6 Å². The van der Waals surface area contributed by atoms with Gasteiger partial charge in [-0.2, -0.15) is 0 Å². The number of carbonyl (C=O) groups is 2. The second-order valence-corrected chi connectivity index (χ2v) is 8.41. The third-order valence-corrected chi connectivity index (χ3v) is 6.04. The predicted octanol–water partition coefficient (Wildman–Crippen LogP) is 2.64. The highest BCUT2D eigenvalue weighted by Crippen LogP contribution is 2.32. The van der Waals surface area contributed by atoms with E-state index in [2.05, 4.69) is 5.32 Å². The summed E-state index contributed by atoms with van der Waals surface area (Å²) in [6.07, 6.45) is -0.0948. The van der Waals surface area contributed by atoms with Crippen LogP contribution in [-0.2, 0) is 21.4 Å². The minimum absolute atomic E-state index is 0.0115. The molecule has 0 bridgehead atoms. The molecule has 1 heterocycles. The fraction of sp³-hybridized carbons (Fsp3) is 0.222. The Kier molecular flexibility index (Phi) is 5.02. The average molecular weight is 393 g/mol. The second-order valence-electron chi connectivity index (χ2n) is 6.06. The molecule has 6 nitrogen and oxygen atoms in total. The van der Waals surface area contributed by atoms with Crippen LogP contribution in [0.3, 0.4) is 0 Å². The maximum Gasteiger partial charge on any atom is 0.251 e. The van der Waals surface area contributed by atoms with Crippen LogP contribution in [0, 0.1) is 6.92 Å². The smallest absolute Gasteiger partial charge is 0.251 e. The van der Waals surface area contributed by atoms with Crippen LogP contribution in [0.15, 0.2) is 42.5 Å². The minimum Gasteiger partial charge on any atom is -0.348 e. The summed E-state index contributed by atoms with van der Waals surface area (Å²) in [4.78, 5) is 24.4. The summed E-state index contributed by atoms with van der Waals surface area (Å²) in [7, 11) is -3.75. The number of hydrogen-bond donors (Lipinski definition) is 1. The zero-order valence-electron chi connectivity index (χ0n) is 14.0. The number of rotatable bonds is 4. The van der Waals surface area contributed by atoms with Crippen LogP contribution in [0.5, 0.6) is 0 Å². The van der Waals surface area contributed by atoms with Crippen molar-refractivity contribution in [2.45, 2.75) is 19.9 Å². The van der Waals surface area contributed by atoms with Gasteiger partial charge in [0.15, 0.2) is 0 Å². The molecule has 8 heteroatoms. The quantitative estimate of drug-likeness (QED) is 0.866. The standard InChI is InChI=1S/C18H17ClN2O4S/c1-12-3-2-4-13(9-12)11-20-18(23)14-5-6-15(19)16(10-14)21-17(22)7-8-26(21,24)25/h2-6,9-10H,7-8,11H2,1H3,(H,20,23). The lowest BCUT2D eigenvalue weighted by molar-refractivity contribution is -0.116.